The van der Waals surface area contributed by atoms with E-state index >= 15 is 0 Å². The SMILES string of the molecule is CCN1CCN(C(=O)N[C@H](CN)C(=O)N[C@H]2Cc3cccc(C(=O)O)c3OB2O)C(=O)C1=O.O=C(O)C(F)(F)F. The molecule has 2 atom stereocenters. The molecule has 40 heavy (non-hydrogen) atoms. The number of aromatic carboxylic acids is 1. The fourth-order valence-electron chi connectivity index (χ4n) is 3.63. The number of likely N-dealkylation sites (N-methyl/N-ethyl adjacent to an activating group) is 1. The van der Waals surface area contributed by atoms with Crippen LogP contribution >= 0.6 is 0 Å². The van der Waals surface area contributed by atoms with E-state index in [1.807, 2.05) is 0 Å². The number of aliphatic carboxylic acids is 1. The third-order valence-corrected chi connectivity index (χ3v) is 5.71. The van der Waals surface area contributed by atoms with E-state index in [-0.39, 0.29) is 37.4 Å². The van der Waals surface area contributed by atoms with Gasteiger partial charge in [-0.15, -0.1) is 0 Å². The van der Waals surface area contributed by atoms with Crippen LogP contribution in [0.3, 0.4) is 0 Å². The van der Waals surface area contributed by atoms with Crippen molar-refractivity contribution in [1.29, 1.82) is 0 Å². The molecule has 218 valence electrons. The first-order valence-electron chi connectivity index (χ1n) is 11.5. The monoisotopic (exact) mass is 575 g/mol. The number of imide groups is 1. The number of amides is 5. The summed E-state index contributed by atoms with van der Waals surface area (Å²) in [5, 5.41) is 31.5. The summed E-state index contributed by atoms with van der Waals surface area (Å²) < 4.78 is 37.1. The summed E-state index contributed by atoms with van der Waals surface area (Å²) in [6.07, 6.45) is -5.01. The second kappa shape index (κ2) is 13.1. The summed E-state index contributed by atoms with van der Waals surface area (Å²) in [6, 6.07) is 2.25. The van der Waals surface area contributed by atoms with Crippen molar-refractivity contribution < 1.29 is 61.8 Å². The minimum Gasteiger partial charge on any atom is -0.534 e. The van der Waals surface area contributed by atoms with Gasteiger partial charge in [0.05, 0.1) is 11.5 Å². The number of rotatable bonds is 6. The topological polar surface area (TPSA) is 229 Å². The highest BCUT2D eigenvalue weighted by molar-refractivity contribution is 6.47. The maximum absolute atomic E-state index is 12.7. The van der Waals surface area contributed by atoms with Gasteiger partial charge < -0.3 is 41.2 Å². The van der Waals surface area contributed by atoms with Gasteiger partial charge in [-0.1, -0.05) is 12.1 Å². The number of nitrogens with zero attached hydrogens (tertiary/aromatic N) is 2. The van der Waals surface area contributed by atoms with Crippen LogP contribution in [0.5, 0.6) is 5.75 Å². The molecule has 1 fully saturated rings. The molecule has 1 aromatic carbocycles. The second-order valence-corrected chi connectivity index (χ2v) is 8.31. The molecule has 1 saturated heterocycles. The first-order valence-corrected chi connectivity index (χ1v) is 11.5. The Kier molecular flexibility index (Phi) is 10.4. The smallest absolute Gasteiger partial charge is 0.534 e. The minimum absolute atomic E-state index is 0.0149. The Morgan fingerprint density at radius 2 is 1.80 bits per heavy atom. The quantitative estimate of drug-likeness (QED) is 0.164. The van der Waals surface area contributed by atoms with Gasteiger partial charge in [-0.2, -0.15) is 13.2 Å². The minimum atomic E-state index is -5.08. The van der Waals surface area contributed by atoms with Crippen molar-refractivity contribution in [3.05, 3.63) is 29.3 Å². The maximum Gasteiger partial charge on any atom is 0.547 e. The standard InChI is InChI=1S/C19H24BN5O8.C2HF3O2/c1-2-24-6-7-25(17(28)16(24)27)19(31)22-12(9-21)15(26)23-13-8-10-4-3-5-11(18(29)30)14(10)33-20(13)32;3-2(4,5)1(6)7/h3-5,12-13,32H,2,6-9,21H2,1H3,(H,22,31)(H,23,26)(H,29,30);(H,6,7)/t12-,13+;/m1./s1. The van der Waals surface area contributed by atoms with Gasteiger partial charge in [-0.25, -0.2) is 14.4 Å². The van der Waals surface area contributed by atoms with Crippen molar-refractivity contribution in [1.82, 2.24) is 20.4 Å². The lowest BCUT2D eigenvalue weighted by atomic mass is 9.72. The van der Waals surface area contributed by atoms with Crippen LogP contribution < -0.4 is 21.0 Å². The van der Waals surface area contributed by atoms with Crippen molar-refractivity contribution in [3.63, 3.8) is 0 Å². The molecule has 2 aliphatic rings. The molecule has 1 aromatic rings. The number of benzene rings is 1. The number of nitrogens with one attached hydrogen (secondary N) is 2. The molecule has 7 N–H and O–H groups in total. The molecule has 0 aliphatic carbocycles. The number of carbonyl (C=O) groups excluding carboxylic acids is 4. The lowest BCUT2D eigenvalue weighted by molar-refractivity contribution is -0.192. The van der Waals surface area contributed by atoms with Crippen LogP contribution in [0.15, 0.2) is 18.2 Å². The molecule has 3 rings (SSSR count). The number of carboxylic acid groups (broad SMARTS) is 2. The predicted molar refractivity (Wildman–Crippen MR) is 127 cm³/mol. The molecule has 0 bridgehead atoms. The van der Waals surface area contributed by atoms with Gasteiger partial charge in [-0.3, -0.25) is 19.3 Å². The van der Waals surface area contributed by atoms with Crippen LogP contribution in [0.25, 0.3) is 0 Å². The summed E-state index contributed by atoms with van der Waals surface area (Å²) in [4.78, 5) is 71.6. The Hall–Kier alpha value is -4.39. The van der Waals surface area contributed by atoms with E-state index < -0.39 is 61.0 Å². The molecule has 19 heteroatoms. The molecule has 0 saturated carbocycles. The zero-order chi connectivity index (χ0) is 30.4. The Balaban J connectivity index is 0.000000708. The van der Waals surface area contributed by atoms with Crippen LogP contribution in [0.4, 0.5) is 18.0 Å². The first kappa shape index (κ1) is 31.8. The number of piperazine rings is 1. The van der Waals surface area contributed by atoms with Gasteiger partial charge in [-0.05, 0) is 25.0 Å². The number of halogens is 3. The van der Waals surface area contributed by atoms with Crippen molar-refractivity contribution in [2.75, 3.05) is 26.2 Å². The fraction of sp³-hybridized carbons (Fsp3) is 0.429. The van der Waals surface area contributed by atoms with Gasteiger partial charge in [0.2, 0.25) is 5.91 Å². The number of carboxylic acids is 2. The molecule has 15 nitrogen and oxygen atoms in total. The van der Waals surface area contributed by atoms with E-state index in [2.05, 4.69) is 10.6 Å². The number of hydrogen-bond acceptors (Lipinski definition) is 9. The number of hydrogen-bond donors (Lipinski definition) is 6. The van der Waals surface area contributed by atoms with Crippen LogP contribution in [-0.2, 0) is 25.6 Å². The Morgan fingerprint density at radius 3 is 2.33 bits per heavy atom. The largest absolute Gasteiger partial charge is 0.547 e. The molecular weight excluding hydrogens is 550 g/mol. The molecule has 2 aliphatic heterocycles. The first-order chi connectivity index (χ1) is 18.6. The van der Waals surface area contributed by atoms with Gasteiger partial charge in [0.1, 0.15) is 11.8 Å². The lowest BCUT2D eigenvalue weighted by Gasteiger charge is -2.33. The normalized spacial score (nSPS) is 17.6. The highest BCUT2D eigenvalue weighted by atomic mass is 19.4. The lowest BCUT2D eigenvalue weighted by Crippen LogP contribution is -2.63. The van der Waals surface area contributed by atoms with Crippen molar-refractivity contribution in [2.45, 2.75) is 31.5 Å². The van der Waals surface area contributed by atoms with E-state index in [4.69, 9.17) is 20.3 Å². The van der Waals surface area contributed by atoms with Crippen LogP contribution in [0, 0.1) is 0 Å². The molecule has 0 spiro atoms. The molecule has 2 heterocycles. The van der Waals surface area contributed by atoms with Crippen LogP contribution in [-0.4, -0.2) is 112 Å². The van der Waals surface area contributed by atoms with Crippen molar-refractivity contribution in [2.24, 2.45) is 5.73 Å². The van der Waals surface area contributed by atoms with Gasteiger partial charge in [0.15, 0.2) is 0 Å². The van der Waals surface area contributed by atoms with E-state index in [0.717, 1.165) is 0 Å². The summed E-state index contributed by atoms with van der Waals surface area (Å²) in [6.45, 7) is 1.87. The van der Waals surface area contributed by atoms with Gasteiger partial charge in [0, 0.05) is 26.2 Å². The summed E-state index contributed by atoms with van der Waals surface area (Å²) >= 11 is 0. The second-order valence-electron chi connectivity index (χ2n) is 8.31. The van der Waals surface area contributed by atoms with Gasteiger partial charge >= 0.3 is 43.1 Å². The van der Waals surface area contributed by atoms with E-state index in [1.54, 1.807) is 13.0 Å². The zero-order valence-corrected chi connectivity index (χ0v) is 20.8. The van der Waals surface area contributed by atoms with Crippen molar-refractivity contribution >= 4 is 42.8 Å². The molecule has 0 unspecified atom stereocenters. The molecule has 0 radical (unpaired) electrons. The Labute approximate surface area is 224 Å². The molecule has 5 amide bonds. The number of para-hydroxylation sites is 1. The number of carbonyl (C=O) groups is 6. The third-order valence-electron chi connectivity index (χ3n) is 5.71. The van der Waals surface area contributed by atoms with Crippen molar-refractivity contribution in [3.8, 4) is 5.75 Å². The summed E-state index contributed by atoms with van der Waals surface area (Å²) in [5.41, 5.74) is 5.96. The average molecular weight is 575 g/mol. The highest BCUT2D eigenvalue weighted by Gasteiger charge is 2.40. The predicted octanol–water partition coefficient (Wildman–Crippen LogP) is -1.81. The Morgan fingerprint density at radius 1 is 1.18 bits per heavy atom. The number of alkyl halides is 3. The number of nitrogens with two attached hydrogens (primary N) is 1. The number of fused-ring (bicyclic) bond motifs is 1. The maximum atomic E-state index is 12.7. The average Bonchev–Trinajstić information content (AvgIpc) is 2.88. The van der Waals surface area contributed by atoms with E-state index in [9.17, 15) is 47.3 Å². The van der Waals surface area contributed by atoms with Crippen LogP contribution in [0.1, 0.15) is 22.8 Å². The van der Waals surface area contributed by atoms with E-state index in [0.29, 0.717) is 17.0 Å². The fourth-order valence-corrected chi connectivity index (χ4v) is 3.63. The van der Waals surface area contributed by atoms with Crippen LogP contribution in [0.2, 0.25) is 0 Å². The Bertz CT molecular complexity index is 1180. The molecule has 0 aromatic heterocycles. The molecular formula is C21H25BF3N5O10. The zero-order valence-electron chi connectivity index (χ0n) is 20.8. The van der Waals surface area contributed by atoms with E-state index in [1.165, 1.54) is 17.0 Å². The van der Waals surface area contributed by atoms with Gasteiger partial charge in [0.25, 0.3) is 0 Å². The summed E-state index contributed by atoms with van der Waals surface area (Å²) in [7, 11) is -1.54. The summed E-state index contributed by atoms with van der Waals surface area (Å²) in [5.74, 6) is -7.47. The highest BCUT2D eigenvalue weighted by Crippen LogP contribution is 2.30. The number of urea groups is 1. The third kappa shape index (κ3) is 7.60.